The fourth-order valence-electron chi connectivity index (χ4n) is 2.03. The number of hydrogen-bond acceptors (Lipinski definition) is 3. The molecule has 2 N–H and O–H groups in total. The molecule has 0 aromatic carbocycles. The van der Waals surface area contributed by atoms with Gasteiger partial charge in [-0.1, -0.05) is 13.8 Å². The number of aromatic nitrogens is 1. The predicted octanol–water partition coefficient (Wildman–Crippen LogP) is 0.957. The van der Waals surface area contributed by atoms with Gasteiger partial charge in [0.15, 0.2) is 0 Å². The van der Waals surface area contributed by atoms with Crippen LogP contribution in [0.15, 0.2) is 23.1 Å². The third-order valence-electron chi connectivity index (χ3n) is 3.64. The summed E-state index contributed by atoms with van der Waals surface area (Å²) in [6.07, 6.45) is 2.30. The summed E-state index contributed by atoms with van der Waals surface area (Å²) in [7, 11) is 1.73. The van der Waals surface area contributed by atoms with Crippen molar-refractivity contribution in [2.45, 2.75) is 32.4 Å². The summed E-state index contributed by atoms with van der Waals surface area (Å²) in [6.45, 7) is 4.08. The first-order valence-corrected chi connectivity index (χ1v) is 5.52. The van der Waals surface area contributed by atoms with Gasteiger partial charge < -0.3 is 15.0 Å². The third kappa shape index (κ3) is 1.73. The molecular formula is C12H18N2O2. The second kappa shape index (κ2) is 3.63. The van der Waals surface area contributed by atoms with Crippen molar-refractivity contribution in [2.24, 2.45) is 12.5 Å². The zero-order valence-corrected chi connectivity index (χ0v) is 9.90. The number of aliphatic hydroxyl groups excluding tert-OH is 1. The maximum atomic E-state index is 11.2. The van der Waals surface area contributed by atoms with E-state index >= 15 is 0 Å². The number of anilines is 1. The highest BCUT2D eigenvalue weighted by molar-refractivity contribution is 5.43. The van der Waals surface area contributed by atoms with Crippen LogP contribution in [0.2, 0.25) is 0 Å². The first kappa shape index (κ1) is 11.2. The standard InChI is InChI=1S/C12H18N2O2/c1-12(2)9(6-10(12)15)13-8-4-5-11(16)14(3)7-8/h4-5,7,9-10,13,15H,6H2,1-3H3. The van der Waals surface area contributed by atoms with E-state index in [1.165, 1.54) is 0 Å². The fourth-order valence-corrected chi connectivity index (χ4v) is 2.03. The number of pyridine rings is 1. The fraction of sp³-hybridized carbons (Fsp3) is 0.583. The Bertz CT molecular complexity index is 451. The molecule has 2 atom stereocenters. The van der Waals surface area contributed by atoms with E-state index in [4.69, 9.17) is 0 Å². The van der Waals surface area contributed by atoms with Gasteiger partial charge in [0.1, 0.15) is 0 Å². The predicted molar refractivity (Wildman–Crippen MR) is 63.5 cm³/mol. The van der Waals surface area contributed by atoms with Crippen LogP contribution < -0.4 is 10.9 Å². The average molecular weight is 222 g/mol. The lowest BCUT2D eigenvalue weighted by atomic mass is 9.64. The molecule has 1 fully saturated rings. The monoisotopic (exact) mass is 222 g/mol. The summed E-state index contributed by atoms with van der Waals surface area (Å²) in [5, 5.41) is 13.0. The first-order chi connectivity index (χ1) is 7.41. The minimum atomic E-state index is -0.238. The Kier molecular flexibility index (Phi) is 2.54. The molecule has 88 valence electrons. The van der Waals surface area contributed by atoms with Crippen molar-refractivity contribution in [1.29, 1.82) is 0 Å². The van der Waals surface area contributed by atoms with E-state index in [0.29, 0.717) is 0 Å². The van der Waals surface area contributed by atoms with E-state index in [1.54, 1.807) is 29.9 Å². The largest absolute Gasteiger partial charge is 0.392 e. The highest BCUT2D eigenvalue weighted by atomic mass is 16.3. The Morgan fingerprint density at radius 1 is 1.50 bits per heavy atom. The smallest absolute Gasteiger partial charge is 0.250 e. The number of rotatable bonds is 2. The van der Waals surface area contributed by atoms with Crippen LogP contribution in [0.4, 0.5) is 5.69 Å². The zero-order chi connectivity index (χ0) is 11.9. The third-order valence-corrected chi connectivity index (χ3v) is 3.64. The SMILES string of the molecule is Cn1cc(NC2CC(O)C2(C)C)ccc1=O. The van der Waals surface area contributed by atoms with Crippen LogP contribution in [-0.4, -0.2) is 21.8 Å². The van der Waals surface area contributed by atoms with Crippen LogP contribution in [0.1, 0.15) is 20.3 Å². The number of aliphatic hydroxyl groups is 1. The minimum absolute atomic E-state index is 0.0153. The van der Waals surface area contributed by atoms with Gasteiger partial charge in [0, 0.05) is 30.8 Å². The second-order valence-electron chi connectivity index (χ2n) is 5.14. The number of aryl methyl sites for hydroxylation is 1. The summed E-state index contributed by atoms with van der Waals surface area (Å²) in [6, 6.07) is 3.59. The van der Waals surface area contributed by atoms with Crippen LogP contribution in [0.3, 0.4) is 0 Å². The Hall–Kier alpha value is -1.29. The van der Waals surface area contributed by atoms with Gasteiger partial charge in [-0.05, 0) is 12.5 Å². The zero-order valence-electron chi connectivity index (χ0n) is 9.90. The van der Waals surface area contributed by atoms with Crippen molar-refractivity contribution in [3.05, 3.63) is 28.7 Å². The molecule has 1 aliphatic carbocycles. The van der Waals surface area contributed by atoms with Crippen molar-refractivity contribution in [1.82, 2.24) is 4.57 Å². The molecule has 0 aliphatic heterocycles. The van der Waals surface area contributed by atoms with Gasteiger partial charge in [0.25, 0.3) is 0 Å². The summed E-state index contributed by atoms with van der Waals surface area (Å²) in [5.41, 5.74) is 0.805. The summed E-state index contributed by atoms with van der Waals surface area (Å²) >= 11 is 0. The lowest BCUT2D eigenvalue weighted by Gasteiger charge is -2.49. The van der Waals surface area contributed by atoms with Gasteiger partial charge in [0.2, 0.25) is 5.56 Å². The van der Waals surface area contributed by atoms with Gasteiger partial charge in [-0.25, -0.2) is 0 Å². The Labute approximate surface area is 94.9 Å². The highest BCUT2D eigenvalue weighted by Gasteiger charge is 2.47. The molecular weight excluding hydrogens is 204 g/mol. The number of nitrogens with zero attached hydrogens (tertiary/aromatic N) is 1. The molecule has 0 amide bonds. The van der Waals surface area contributed by atoms with Crippen LogP contribution in [0, 0.1) is 5.41 Å². The molecule has 2 rings (SSSR count). The van der Waals surface area contributed by atoms with Gasteiger partial charge in [-0.2, -0.15) is 0 Å². The molecule has 1 saturated carbocycles. The quantitative estimate of drug-likeness (QED) is 0.783. The van der Waals surface area contributed by atoms with E-state index in [-0.39, 0.29) is 23.1 Å². The molecule has 0 bridgehead atoms. The number of nitrogens with one attached hydrogen (secondary N) is 1. The Morgan fingerprint density at radius 2 is 2.19 bits per heavy atom. The van der Waals surface area contributed by atoms with E-state index in [1.807, 2.05) is 13.8 Å². The van der Waals surface area contributed by atoms with Crippen LogP contribution in [-0.2, 0) is 7.05 Å². The lowest BCUT2D eigenvalue weighted by Crippen LogP contribution is -2.56. The molecule has 0 spiro atoms. The van der Waals surface area contributed by atoms with E-state index in [0.717, 1.165) is 12.1 Å². The molecule has 1 heterocycles. The molecule has 1 aliphatic rings. The van der Waals surface area contributed by atoms with E-state index < -0.39 is 0 Å². The summed E-state index contributed by atoms with van der Waals surface area (Å²) in [4.78, 5) is 11.2. The number of hydrogen-bond donors (Lipinski definition) is 2. The second-order valence-corrected chi connectivity index (χ2v) is 5.14. The van der Waals surface area contributed by atoms with Gasteiger partial charge in [-0.3, -0.25) is 4.79 Å². The molecule has 2 unspecified atom stereocenters. The van der Waals surface area contributed by atoms with Crippen molar-refractivity contribution < 1.29 is 5.11 Å². The molecule has 0 radical (unpaired) electrons. The molecule has 1 aromatic heterocycles. The molecule has 1 aromatic rings. The van der Waals surface area contributed by atoms with Gasteiger partial charge >= 0.3 is 0 Å². The maximum absolute atomic E-state index is 11.2. The van der Waals surface area contributed by atoms with Crippen molar-refractivity contribution in [3.63, 3.8) is 0 Å². The highest BCUT2D eigenvalue weighted by Crippen LogP contribution is 2.42. The van der Waals surface area contributed by atoms with E-state index in [9.17, 15) is 9.90 Å². The molecule has 0 saturated heterocycles. The Morgan fingerprint density at radius 3 is 2.69 bits per heavy atom. The van der Waals surface area contributed by atoms with Crippen LogP contribution in [0.25, 0.3) is 0 Å². The molecule has 16 heavy (non-hydrogen) atoms. The van der Waals surface area contributed by atoms with Crippen LogP contribution in [0.5, 0.6) is 0 Å². The van der Waals surface area contributed by atoms with Gasteiger partial charge in [0.05, 0.1) is 11.8 Å². The summed E-state index contributed by atoms with van der Waals surface area (Å²) < 4.78 is 1.55. The summed E-state index contributed by atoms with van der Waals surface area (Å²) in [5.74, 6) is 0. The van der Waals surface area contributed by atoms with Gasteiger partial charge in [-0.15, -0.1) is 0 Å². The minimum Gasteiger partial charge on any atom is -0.392 e. The van der Waals surface area contributed by atoms with Crippen molar-refractivity contribution in [3.8, 4) is 0 Å². The topological polar surface area (TPSA) is 54.3 Å². The van der Waals surface area contributed by atoms with E-state index in [2.05, 4.69) is 5.32 Å². The van der Waals surface area contributed by atoms with Crippen molar-refractivity contribution >= 4 is 5.69 Å². The Balaban J connectivity index is 2.11. The maximum Gasteiger partial charge on any atom is 0.250 e. The average Bonchev–Trinajstić information content (AvgIpc) is 2.23. The van der Waals surface area contributed by atoms with Crippen LogP contribution >= 0.6 is 0 Å². The normalized spacial score (nSPS) is 27.2. The van der Waals surface area contributed by atoms with Crippen molar-refractivity contribution in [2.75, 3.05) is 5.32 Å². The molecule has 4 heteroatoms. The lowest BCUT2D eigenvalue weighted by molar-refractivity contribution is -0.0510. The first-order valence-electron chi connectivity index (χ1n) is 5.52. The molecule has 4 nitrogen and oxygen atoms in total.